The maximum atomic E-state index is 12.7. The molecule has 0 fully saturated rings. The third-order valence-corrected chi connectivity index (χ3v) is 5.26. The first kappa shape index (κ1) is 17.5. The summed E-state index contributed by atoms with van der Waals surface area (Å²) in [6.07, 6.45) is 0.899. The summed E-state index contributed by atoms with van der Waals surface area (Å²) in [7, 11) is 0. The first-order chi connectivity index (χ1) is 12.0. The molecule has 0 amide bonds. The molecule has 0 radical (unpaired) electrons. The van der Waals surface area contributed by atoms with Crippen molar-refractivity contribution < 1.29 is 4.79 Å². The number of carbonyl (C=O) groups excluding carboxylic acids is 1. The van der Waals surface area contributed by atoms with Gasteiger partial charge in [0, 0.05) is 11.3 Å². The lowest BCUT2D eigenvalue weighted by Gasteiger charge is -2.11. The molecule has 0 unspecified atom stereocenters. The number of hydrogen-bond acceptors (Lipinski definition) is 5. The van der Waals surface area contributed by atoms with Gasteiger partial charge in [-0.1, -0.05) is 60.2 Å². The van der Waals surface area contributed by atoms with Gasteiger partial charge in [-0.05, 0) is 36.6 Å². The Kier molecular flexibility index (Phi) is 5.06. The van der Waals surface area contributed by atoms with E-state index in [1.165, 1.54) is 16.9 Å². The van der Waals surface area contributed by atoms with Crippen LogP contribution in [0.4, 0.5) is 16.6 Å². The number of nitrogens with zero attached hydrogens (tertiary/aromatic N) is 1. The minimum absolute atomic E-state index is 0.212. The summed E-state index contributed by atoms with van der Waals surface area (Å²) in [6, 6.07) is 13.1. The standard InChI is InChI=1S/C19H18ClN3OS/c1-3-12-8-6-7-11(2)15(12)22-19-23-18(21)17(25-19)16(24)13-9-4-5-10-14(13)20/h4-10H,3,21H2,1-2H3,(H,22,23). The fourth-order valence-corrected chi connectivity index (χ4v) is 3.69. The number of halogens is 1. The van der Waals surface area contributed by atoms with E-state index in [9.17, 15) is 4.79 Å². The number of carbonyl (C=O) groups is 1. The monoisotopic (exact) mass is 371 g/mol. The van der Waals surface area contributed by atoms with Crippen LogP contribution in [-0.4, -0.2) is 10.8 Å². The molecule has 4 nitrogen and oxygen atoms in total. The minimum atomic E-state index is -0.214. The summed E-state index contributed by atoms with van der Waals surface area (Å²) in [5, 5.41) is 4.32. The van der Waals surface area contributed by atoms with E-state index in [0.717, 1.165) is 17.7 Å². The second kappa shape index (κ2) is 7.25. The number of anilines is 3. The number of benzene rings is 2. The molecule has 0 saturated carbocycles. The second-order valence-corrected chi connectivity index (χ2v) is 7.04. The number of aryl methyl sites for hydroxylation is 2. The molecule has 25 heavy (non-hydrogen) atoms. The van der Waals surface area contributed by atoms with Crippen LogP contribution in [0.1, 0.15) is 33.3 Å². The van der Waals surface area contributed by atoms with Crippen molar-refractivity contribution >= 4 is 45.4 Å². The summed E-state index contributed by atoms with van der Waals surface area (Å²) in [5.41, 5.74) is 9.73. The predicted octanol–water partition coefficient (Wildman–Crippen LogP) is 5.22. The smallest absolute Gasteiger partial charge is 0.208 e. The van der Waals surface area contributed by atoms with Gasteiger partial charge in [-0.3, -0.25) is 4.79 Å². The Labute approximate surface area is 155 Å². The molecule has 0 spiro atoms. The Balaban J connectivity index is 1.94. The van der Waals surface area contributed by atoms with Crippen LogP contribution in [0.25, 0.3) is 0 Å². The highest BCUT2D eigenvalue weighted by Crippen LogP contribution is 2.33. The molecular weight excluding hydrogens is 354 g/mol. The predicted molar refractivity (Wildman–Crippen MR) is 105 cm³/mol. The van der Waals surface area contributed by atoms with Crippen LogP contribution in [0.3, 0.4) is 0 Å². The average molecular weight is 372 g/mol. The molecule has 3 N–H and O–H groups in total. The molecule has 1 heterocycles. The van der Waals surface area contributed by atoms with Crippen LogP contribution in [0.5, 0.6) is 0 Å². The van der Waals surface area contributed by atoms with Gasteiger partial charge in [-0.25, -0.2) is 4.98 Å². The zero-order valence-corrected chi connectivity index (χ0v) is 15.5. The van der Waals surface area contributed by atoms with Gasteiger partial charge < -0.3 is 11.1 Å². The van der Waals surface area contributed by atoms with Crippen molar-refractivity contribution in [1.82, 2.24) is 4.98 Å². The number of rotatable bonds is 5. The summed E-state index contributed by atoms with van der Waals surface area (Å²) >= 11 is 7.36. The van der Waals surface area contributed by atoms with Crippen LogP contribution in [-0.2, 0) is 6.42 Å². The van der Waals surface area contributed by atoms with E-state index in [4.69, 9.17) is 17.3 Å². The molecule has 0 saturated heterocycles. The van der Waals surface area contributed by atoms with Gasteiger partial charge in [-0.15, -0.1) is 0 Å². The van der Waals surface area contributed by atoms with Gasteiger partial charge in [0.1, 0.15) is 10.7 Å². The highest BCUT2D eigenvalue weighted by Gasteiger charge is 2.20. The van der Waals surface area contributed by atoms with Gasteiger partial charge in [0.2, 0.25) is 5.78 Å². The molecule has 128 valence electrons. The molecular formula is C19H18ClN3OS. The van der Waals surface area contributed by atoms with E-state index < -0.39 is 0 Å². The molecule has 0 atom stereocenters. The number of aromatic nitrogens is 1. The zero-order valence-electron chi connectivity index (χ0n) is 14.0. The fraction of sp³-hybridized carbons (Fsp3) is 0.158. The van der Waals surface area contributed by atoms with Crippen molar-refractivity contribution in [3.8, 4) is 0 Å². The van der Waals surface area contributed by atoms with Crippen LogP contribution >= 0.6 is 22.9 Å². The summed E-state index contributed by atoms with van der Waals surface area (Å²) < 4.78 is 0. The summed E-state index contributed by atoms with van der Waals surface area (Å²) in [5.74, 6) is -0.00167. The highest BCUT2D eigenvalue weighted by atomic mass is 35.5. The molecule has 1 aromatic heterocycles. The quantitative estimate of drug-likeness (QED) is 0.603. The van der Waals surface area contributed by atoms with Gasteiger partial charge in [-0.2, -0.15) is 0 Å². The molecule has 0 aliphatic carbocycles. The van der Waals surface area contributed by atoms with Crippen molar-refractivity contribution in [2.75, 3.05) is 11.1 Å². The Bertz CT molecular complexity index is 936. The van der Waals surface area contributed by atoms with Crippen molar-refractivity contribution in [2.45, 2.75) is 20.3 Å². The third-order valence-electron chi connectivity index (χ3n) is 3.95. The topological polar surface area (TPSA) is 68.0 Å². The normalized spacial score (nSPS) is 10.7. The molecule has 3 aromatic rings. The van der Waals surface area contributed by atoms with Gasteiger partial charge in [0.15, 0.2) is 5.13 Å². The van der Waals surface area contributed by atoms with Crippen molar-refractivity contribution in [3.05, 3.63) is 69.1 Å². The van der Waals surface area contributed by atoms with Crippen LogP contribution in [0.15, 0.2) is 42.5 Å². The molecule has 2 aromatic carbocycles. The van der Waals surface area contributed by atoms with E-state index in [1.54, 1.807) is 24.3 Å². The number of para-hydroxylation sites is 1. The fourth-order valence-electron chi connectivity index (χ4n) is 2.62. The van der Waals surface area contributed by atoms with E-state index in [-0.39, 0.29) is 11.6 Å². The number of nitrogens with two attached hydrogens (primary N) is 1. The number of hydrogen-bond donors (Lipinski definition) is 2. The lowest BCUT2D eigenvalue weighted by Crippen LogP contribution is -2.03. The van der Waals surface area contributed by atoms with Gasteiger partial charge in [0.25, 0.3) is 0 Å². The first-order valence-corrected chi connectivity index (χ1v) is 9.11. The zero-order chi connectivity index (χ0) is 18.0. The van der Waals surface area contributed by atoms with E-state index in [2.05, 4.69) is 23.3 Å². The van der Waals surface area contributed by atoms with Gasteiger partial charge in [0.05, 0.1) is 5.02 Å². The largest absolute Gasteiger partial charge is 0.382 e. The number of nitrogen functional groups attached to an aromatic ring is 1. The Hall–Kier alpha value is -2.37. The molecule has 0 bridgehead atoms. The number of nitrogens with one attached hydrogen (secondary N) is 1. The van der Waals surface area contributed by atoms with Crippen molar-refractivity contribution in [2.24, 2.45) is 0 Å². The first-order valence-electron chi connectivity index (χ1n) is 7.92. The molecule has 6 heteroatoms. The molecule has 3 rings (SSSR count). The lowest BCUT2D eigenvalue weighted by atomic mass is 10.1. The van der Waals surface area contributed by atoms with Gasteiger partial charge >= 0.3 is 0 Å². The van der Waals surface area contributed by atoms with E-state index >= 15 is 0 Å². The maximum absolute atomic E-state index is 12.7. The van der Waals surface area contributed by atoms with Crippen LogP contribution < -0.4 is 11.1 Å². The Morgan fingerprint density at radius 2 is 2.00 bits per heavy atom. The molecule has 0 aliphatic heterocycles. The minimum Gasteiger partial charge on any atom is -0.382 e. The lowest BCUT2D eigenvalue weighted by molar-refractivity contribution is 0.104. The average Bonchev–Trinajstić information content (AvgIpc) is 2.97. The SMILES string of the molecule is CCc1cccc(C)c1Nc1nc(N)c(C(=O)c2ccccc2Cl)s1. The molecule has 0 aliphatic rings. The van der Waals surface area contributed by atoms with Crippen LogP contribution in [0, 0.1) is 6.92 Å². The third kappa shape index (κ3) is 3.52. The van der Waals surface area contributed by atoms with Crippen molar-refractivity contribution in [3.63, 3.8) is 0 Å². The number of thiazole rings is 1. The Morgan fingerprint density at radius 3 is 2.72 bits per heavy atom. The Morgan fingerprint density at radius 1 is 1.24 bits per heavy atom. The number of ketones is 1. The highest BCUT2D eigenvalue weighted by molar-refractivity contribution is 7.18. The van der Waals surface area contributed by atoms with E-state index in [1.807, 2.05) is 19.1 Å². The van der Waals surface area contributed by atoms with Crippen molar-refractivity contribution in [1.29, 1.82) is 0 Å². The van der Waals surface area contributed by atoms with E-state index in [0.29, 0.717) is 20.6 Å². The second-order valence-electron chi connectivity index (χ2n) is 5.63. The van der Waals surface area contributed by atoms with Crippen LogP contribution in [0.2, 0.25) is 5.02 Å². The maximum Gasteiger partial charge on any atom is 0.208 e. The summed E-state index contributed by atoms with van der Waals surface area (Å²) in [6.45, 7) is 4.14. The summed E-state index contributed by atoms with van der Waals surface area (Å²) in [4.78, 5) is 17.4.